The molecule has 0 atom stereocenters. The summed E-state index contributed by atoms with van der Waals surface area (Å²) in [6.45, 7) is 6.10. The molecule has 24 heavy (non-hydrogen) atoms. The summed E-state index contributed by atoms with van der Waals surface area (Å²) in [4.78, 5) is 18.0. The minimum absolute atomic E-state index is 0.0627. The van der Waals surface area contributed by atoms with Gasteiger partial charge in [0.1, 0.15) is 0 Å². The molecule has 0 aromatic carbocycles. The number of hydrogen-bond donors (Lipinski definition) is 1. The van der Waals surface area contributed by atoms with E-state index < -0.39 is 0 Å². The second-order valence-corrected chi connectivity index (χ2v) is 8.81. The van der Waals surface area contributed by atoms with Crippen LogP contribution in [0, 0.1) is 5.92 Å². The third-order valence-electron chi connectivity index (χ3n) is 5.16. The summed E-state index contributed by atoms with van der Waals surface area (Å²) in [5.41, 5.74) is 0. The van der Waals surface area contributed by atoms with Gasteiger partial charge in [0, 0.05) is 24.5 Å². The second kappa shape index (κ2) is 9.07. The number of nitrogens with one attached hydrogen (secondary N) is 1. The number of rotatable bonds is 4. The van der Waals surface area contributed by atoms with Crippen LogP contribution in [-0.4, -0.2) is 48.6 Å². The molecule has 0 saturated carbocycles. The first-order valence-corrected chi connectivity index (χ1v) is 10.4. The molecule has 2 aliphatic heterocycles. The van der Waals surface area contributed by atoms with Gasteiger partial charge in [-0.2, -0.15) is 0 Å². The van der Waals surface area contributed by atoms with Gasteiger partial charge in [0.05, 0.1) is 10.9 Å². The van der Waals surface area contributed by atoms with Crippen molar-refractivity contribution in [1.82, 2.24) is 15.1 Å². The number of urea groups is 1. The van der Waals surface area contributed by atoms with Crippen LogP contribution < -0.4 is 5.32 Å². The first kappa shape index (κ1) is 18.0. The van der Waals surface area contributed by atoms with E-state index in [4.69, 9.17) is 11.6 Å². The molecule has 1 aromatic rings. The first-order chi connectivity index (χ1) is 11.7. The summed E-state index contributed by atoms with van der Waals surface area (Å²) in [5, 5.41) is 3.01. The van der Waals surface area contributed by atoms with E-state index in [2.05, 4.69) is 10.2 Å². The molecule has 6 heteroatoms. The van der Waals surface area contributed by atoms with Gasteiger partial charge < -0.3 is 15.1 Å². The Morgan fingerprint density at radius 1 is 1.12 bits per heavy atom. The summed E-state index contributed by atoms with van der Waals surface area (Å²) in [6, 6.07) is 3.91. The molecule has 4 nitrogen and oxygen atoms in total. The summed E-state index contributed by atoms with van der Waals surface area (Å²) >= 11 is 7.45. The van der Waals surface area contributed by atoms with Crippen LogP contribution in [0.5, 0.6) is 0 Å². The fourth-order valence-electron chi connectivity index (χ4n) is 3.72. The Bertz CT molecular complexity index is 520. The number of piperidine rings is 1. The molecule has 0 radical (unpaired) electrons. The van der Waals surface area contributed by atoms with Crippen molar-refractivity contribution < 1.29 is 4.79 Å². The van der Waals surface area contributed by atoms with Gasteiger partial charge in [0.2, 0.25) is 0 Å². The molecular formula is C18H28ClN3OS. The Morgan fingerprint density at radius 2 is 1.83 bits per heavy atom. The standard InChI is InChI=1S/C18H28ClN3OS/c19-17-6-5-16(24-17)13-20-18(23)22-11-7-15(8-12-22)14-21-9-3-1-2-4-10-21/h5-6,15H,1-4,7-14H2,(H,20,23). The van der Waals surface area contributed by atoms with E-state index in [1.807, 2.05) is 17.0 Å². The van der Waals surface area contributed by atoms with Crippen LogP contribution in [0.15, 0.2) is 12.1 Å². The zero-order valence-electron chi connectivity index (χ0n) is 14.3. The molecule has 3 heterocycles. The summed E-state index contributed by atoms with van der Waals surface area (Å²) < 4.78 is 0.772. The maximum atomic E-state index is 12.3. The van der Waals surface area contributed by atoms with E-state index in [9.17, 15) is 4.79 Å². The van der Waals surface area contributed by atoms with Gasteiger partial charge in [-0.05, 0) is 56.8 Å². The van der Waals surface area contributed by atoms with Crippen LogP contribution in [0.3, 0.4) is 0 Å². The van der Waals surface area contributed by atoms with Crippen molar-refractivity contribution in [2.24, 2.45) is 5.92 Å². The predicted molar refractivity (Wildman–Crippen MR) is 101 cm³/mol. The van der Waals surface area contributed by atoms with Crippen LogP contribution in [0.4, 0.5) is 4.79 Å². The Balaban J connectivity index is 1.37. The molecule has 1 aromatic heterocycles. The zero-order chi connectivity index (χ0) is 16.8. The number of carbonyl (C=O) groups is 1. The molecule has 2 aliphatic rings. The highest BCUT2D eigenvalue weighted by Crippen LogP contribution is 2.22. The number of amides is 2. The Hall–Kier alpha value is -0.780. The van der Waals surface area contributed by atoms with Crippen LogP contribution >= 0.6 is 22.9 Å². The van der Waals surface area contributed by atoms with Crippen LogP contribution in [0.25, 0.3) is 0 Å². The average Bonchev–Trinajstić information content (AvgIpc) is 2.84. The molecule has 2 amide bonds. The van der Waals surface area contributed by atoms with Crippen molar-refractivity contribution in [1.29, 1.82) is 0 Å². The van der Waals surface area contributed by atoms with E-state index in [0.717, 1.165) is 41.1 Å². The van der Waals surface area contributed by atoms with Crippen LogP contribution in [0.1, 0.15) is 43.4 Å². The maximum Gasteiger partial charge on any atom is 0.317 e. The molecule has 3 rings (SSSR count). The molecular weight excluding hydrogens is 342 g/mol. The molecule has 2 fully saturated rings. The molecule has 0 spiro atoms. The smallest absolute Gasteiger partial charge is 0.317 e. The normalized spacial score (nSPS) is 20.8. The largest absolute Gasteiger partial charge is 0.333 e. The van der Waals surface area contributed by atoms with Gasteiger partial charge in [-0.15, -0.1) is 11.3 Å². The van der Waals surface area contributed by atoms with Crippen molar-refractivity contribution in [3.8, 4) is 0 Å². The maximum absolute atomic E-state index is 12.3. The molecule has 1 N–H and O–H groups in total. The number of thiophene rings is 1. The minimum atomic E-state index is 0.0627. The Labute approximate surface area is 154 Å². The molecule has 2 saturated heterocycles. The van der Waals surface area contributed by atoms with Crippen molar-refractivity contribution in [3.63, 3.8) is 0 Å². The summed E-state index contributed by atoms with van der Waals surface area (Å²) in [5.74, 6) is 0.753. The third kappa shape index (κ3) is 5.36. The van der Waals surface area contributed by atoms with Crippen molar-refractivity contribution in [3.05, 3.63) is 21.3 Å². The SMILES string of the molecule is O=C(NCc1ccc(Cl)s1)N1CCC(CN2CCCCCC2)CC1. The number of likely N-dealkylation sites (tertiary alicyclic amines) is 2. The summed E-state index contributed by atoms with van der Waals surface area (Å²) in [7, 11) is 0. The van der Waals surface area contributed by atoms with Gasteiger partial charge >= 0.3 is 6.03 Å². The highest BCUT2D eigenvalue weighted by molar-refractivity contribution is 7.16. The van der Waals surface area contributed by atoms with Gasteiger partial charge in [-0.3, -0.25) is 0 Å². The summed E-state index contributed by atoms with van der Waals surface area (Å²) in [6.07, 6.45) is 7.76. The van der Waals surface area contributed by atoms with Gasteiger partial charge in [0.25, 0.3) is 0 Å². The van der Waals surface area contributed by atoms with Gasteiger partial charge in [-0.25, -0.2) is 4.79 Å². The van der Waals surface area contributed by atoms with Crippen molar-refractivity contribution in [2.45, 2.75) is 45.1 Å². The van der Waals surface area contributed by atoms with E-state index >= 15 is 0 Å². The van der Waals surface area contributed by atoms with E-state index in [1.165, 1.54) is 56.7 Å². The third-order valence-corrected chi connectivity index (χ3v) is 6.39. The molecule has 0 aliphatic carbocycles. The van der Waals surface area contributed by atoms with Crippen LogP contribution in [0.2, 0.25) is 4.34 Å². The number of nitrogens with zero attached hydrogens (tertiary/aromatic N) is 2. The second-order valence-electron chi connectivity index (χ2n) is 7.01. The molecule has 0 bridgehead atoms. The quantitative estimate of drug-likeness (QED) is 0.863. The number of hydrogen-bond acceptors (Lipinski definition) is 3. The highest BCUT2D eigenvalue weighted by atomic mass is 35.5. The first-order valence-electron chi connectivity index (χ1n) is 9.20. The van der Waals surface area contributed by atoms with Crippen molar-refractivity contribution >= 4 is 29.0 Å². The minimum Gasteiger partial charge on any atom is -0.333 e. The van der Waals surface area contributed by atoms with Gasteiger partial charge in [-0.1, -0.05) is 24.4 Å². The Morgan fingerprint density at radius 3 is 2.46 bits per heavy atom. The lowest BCUT2D eigenvalue weighted by molar-refractivity contribution is 0.147. The lowest BCUT2D eigenvalue weighted by Gasteiger charge is -2.34. The fourth-order valence-corrected chi connectivity index (χ4v) is 4.75. The average molecular weight is 370 g/mol. The predicted octanol–water partition coefficient (Wildman–Crippen LogP) is 4.20. The Kier molecular flexibility index (Phi) is 6.81. The number of halogens is 1. The lowest BCUT2D eigenvalue weighted by Crippen LogP contribution is -2.45. The van der Waals surface area contributed by atoms with Crippen molar-refractivity contribution in [2.75, 3.05) is 32.7 Å². The molecule has 134 valence electrons. The topological polar surface area (TPSA) is 35.6 Å². The van der Waals surface area contributed by atoms with E-state index in [-0.39, 0.29) is 6.03 Å². The van der Waals surface area contributed by atoms with Crippen LogP contribution in [-0.2, 0) is 6.54 Å². The molecule has 0 unspecified atom stereocenters. The van der Waals surface area contributed by atoms with Gasteiger partial charge in [0.15, 0.2) is 0 Å². The monoisotopic (exact) mass is 369 g/mol. The van der Waals surface area contributed by atoms with E-state index in [1.54, 1.807) is 0 Å². The highest BCUT2D eigenvalue weighted by Gasteiger charge is 2.24. The lowest BCUT2D eigenvalue weighted by atomic mass is 9.96. The zero-order valence-corrected chi connectivity index (χ0v) is 15.9. The number of carbonyl (C=O) groups excluding carboxylic acids is 1. The fraction of sp³-hybridized carbons (Fsp3) is 0.722. The van der Waals surface area contributed by atoms with E-state index in [0.29, 0.717) is 6.54 Å².